The lowest BCUT2D eigenvalue weighted by Crippen LogP contribution is -2.33. The van der Waals surface area contributed by atoms with Gasteiger partial charge in [-0.2, -0.15) is 17.6 Å². The number of esters is 1. The highest BCUT2D eigenvalue weighted by atomic mass is 35.5. The van der Waals surface area contributed by atoms with E-state index in [4.69, 9.17) is 16.3 Å². The molecule has 1 fully saturated rings. The van der Waals surface area contributed by atoms with E-state index in [2.05, 4.69) is 4.74 Å². The summed E-state index contributed by atoms with van der Waals surface area (Å²) in [5.41, 5.74) is -0.369. The summed E-state index contributed by atoms with van der Waals surface area (Å²) in [5, 5.41) is 0.0325. The average molecular weight is 381 g/mol. The third-order valence-corrected chi connectivity index (χ3v) is 4.67. The van der Waals surface area contributed by atoms with E-state index in [1.54, 1.807) is 0 Å². The maximum Gasteiger partial charge on any atom is 0.461 e. The van der Waals surface area contributed by atoms with E-state index in [0.717, 1.165) is 6.07 Å². The Balaban J connectivity index is 2.29. The van der Waals surface area contributed by atoms with E-state index in [1.165, 1.54) is 31.4 Å². The fraction of sp³-hybridized carbons (Fsp3) is 0.471. The largest absolute Gasteiger partial charge is 0.469 e. The molecule has 0 saturated heterocycles. The van der Waals surface area contributed by atoms with Crippen molar-refractivity contribution >= 4 is 22.6 Å². The molecule has 2 rings (SSSR count). The van der Waals surface area contributed by atoms with Crippen LogP contribution in [0.4, 0.5) is 17.6 Å². The van der Waals surface area contributed by atoms with Crippen LogP contribution in [0.3, 0.4) is 0 Å². The zero-order valence-electron chi connectivity index (χ0n) is 13.7. The minimum Gasteiger partial charge on any atom is -0.469 e. The molecule has 0 radical (unpaired) electrons. The number of rotatable bonds is 6. The first-order valence-electron chi connectivity index (χ1n) is 7.42. The first-order valence-corrected chi connectivity index (χ1v) is 7.79. The van der Waals surface area contributed by atoms with Crippen molar-refractivity contribution in [3.05, 3.63) is 35.9 Å². The van der Waals surface area contributed by atoms with E-state index >= 15 is 0 Å². The smallest absolute Gasteiger partial charge is 0.461 e. The summed E-state index contributed by atoms with van der Waals surface area (Å²) in [6.07, 6.45) is -7.08. The number of ether oxygens (including phenoxy) is 2. The van der Waals surface area contributed by atoms with Gasteiger partial charge in [-0.15, -0.1) is 0 Å². The fourth-order valence-corrected chi connectivity index (χ4v) is 3.05. The summed E-state index contributed by atoms with van der Waals surface area (Å²) in [4.78, 5) is 11.7. The van der Waals surface area contributed by atoms with Crippen molar-refractivity contribution in [3.63, 3.8) is 0 Å². The monoisotopic (exact) mass is 380 g/mol. The molecule has 138 valence electrons. The van der Waals surface area contributed by atoms with E-state index in [0.29, 0.717) is 0 Å². The number of benzene rings is 1. The average Bonchev–Trinajstić information content (AvgIpc) is 3.07. The molecular formula is C17H17ClF4O3. The van der Waals surface area contributed by atoms with E-state index in [9.17, 15) is 22.4 Å². The zero-order valence-corrected chi connectivity index (χ0v) is 14.5. The summed E-state index contributed by atoms with van der Waals surface area (Å²) < 4.78 is 60.0. The van der Waals surface area contributed by atoms with Crippen LogP contribution in [0.15, 0.2) is 30.3 Å². The van der Waals surface area contributed by atoms with Crippen LogP contribution in [-0.2, 0) is 9.53 Å². The van der Waals surface area contributed by atoms with Crippen LogP contribution in [0.1, 0.15) is 19.4 Å². The molecule has 0 aliphatic heterocycles. The zero-order chi connectivity index (χ0) is 19.0. The maximum absolute atomic E-state index is 13.2. The number of hydrogen-bond acceptors (Lipinski definition) is 3. The molecule has 0 N–H and O–H groups in total. The van der Waals surface area contributed by atoms with Crippen molar-refractivity contribution < 1.29 is 31.8 Å². The Kier molecular flexibility index (Phi) is 5.37. The minimum absolute atomic E-state index is 0.0325. The van der Waals surface area contributed by atoms with Gasteiger partial charge in [0.15, 0.2) is 0 Å². The Labute approximate surface area is 147 Å². The summed E-state index contributed by atoms with van der Waals surface area (Å²) in [7, 11) is 1.27. The highest BCUT2D eigenvalue weighted by Gasteiger charge is 2.61. The van der Waals surface area contributed by atoms with Crippen molar-refractivity contribution in [2.75, 3.05) is 7.11 Å². The van der Waals surface area contributed by atoms with E-state index < -0.39 is 35.6 Å². The Morgan fingerprint density at radius 3 is 2.48 bits per heavy atom. The SMILES string of the molecule is COC(=O)C1C(C=C(Cl)c2ccccc2OC(F)(F)C(F)F)C1(C)C. The number of hydrogen-bond donors (Lipinski definition) is 0. The molecule has 0 bridgehead atoms. The summed E-state index contributed by atoms with van der Waals surface area (Å²) >= 11 is 6.19. The number of methoxy groups -OCH3 is 1. The molecule has 0 spiro atoms. The molecule has 0 aromatic heterocycles. The Morgan fingerprint density at radius 2 is 1.92 bits per heavy atom. The first kappa shape index (κ1) is 19.6. The van der Waals surface area contributed by atoms with Gasteiger partial charge in [0.2, 0.25) is 0 Å². The van der Waals surface area contributed by atoms with Gasteiger partial charge in [-0.25, -0.2) is 0 Å². The molecule has 8 heteroatoms. The third kappa shape index (κ3) is 3.92. The van der Waals surface area contributed by atoms with Crippen molar-refractivity contribution in [1.29, 1.82) is 0 Å². The second-order valence-electron chi connectivity index (χ2n) is 6.32. The quantitative estimate of drug-likeness (QED) is 0.517. The first-order chi connectivity index (χ1) is 11.5. The molecule has 0 amide bonds. The summed E-state index contributed by atoms with van der Waals surface area (Å²) in [5.74, 6) is -1.55. The Bertz CT molecular complexity index is 688. The van der Waals surface area contributed by atoms with Crippen LogP contribution in [0, 0.1) is 17.3 Å². The lowest BCUT2D eigenvalue weighted by atomic mass is 10.1. The highest BCUT2D eigenvalue weighted by molar-refractivity contribution is 6.49. The van der Waals surface area contributed by atoms with Gasteiger partial charge >= 0.3 is 18.5 Å². The van der Waals surface area contributed by atoms with Crippen molar-refractivity contribution in [2.45, 2.75) is 26.4 Å². The van der Waals surface area contributed by atoms with Gasteiger partial charge in [-0.05, 0) is 23.5 Å². The molecule has 2 atom stereocenters. The van der Waals surface area contributed by atoms with Crippen molar-refractivity contribution in [1.82, 2.24) is 0 Å². The molecule has 1 aliphatic carbocycles. The third-order valence-electron chi connectivity index (χ3n) is 4.34. The van der Waals surface area contributed by atoms with E-state index in [1.807, 2.05) is 13.8 Å². The topological polar surface area (TPSA) is 35.5 Å². The maximum atomic E-state index is 13.2. The fourth-order valence-electron chi connectivity index (χ4n) is 2.76. The van der Waals surface area contributed by atoms with Gasteiger partial charge in [0, 0.05) is 10.6 Å². The molecule has 1 aliphatic rings. The number of carbonyl (C=O) groups excluding carboxylic acids is 1. The Hall–Kier alpha value is -1.76. The lowest BCUT2D eigenvalue weighted by molar-refractivity contribution is -0.253. The van der Waals surface area contributed by atoms with Crippen molar-refractivity contribution in [2.24, 2.45) is 17.3 Å². The van der Waals surface area contributed by atoms with Crippen LogP contribution in [-0.4, -0.2) is 25.6 Å². The number of alkyl halides is 4. The number of para-hydroxylation sites is 1. The van der Waals surface area contributed by atoms with Gasteiger partial charge in [0.25, 0.3) is 0 Å². The number of allylic oxidation sites excluding steroid dienone is 1. The molecule has 0 heterocycles. The van der Waals surface area contributed by atoms with Crippen LogP contribution in [0.5, 0.6) is 5.75 Å². The number of halogens is 5. The van der Waals surface area contributed by atoms with E-state index in [-0.39, 0.29) is 16.5 Å². The highest BCUT2D eigenvalue weighted by Crippen LogP contribution is 2.60. The summed E-state index contributed by atoms with van der Waals surface area (Å²) in [6.45, 7) is 3.68. The number of carbonyl (C=O) groups is 1. The Morgan fingerprint density at radius 1 is 1.32 bits per heavy atom. The second kappa shape index (κ2) is 6.86. The molecular weight excluding hydrogens is 364 g/mol. The van der Waals surface area contributed by atoms with Gasteiger partial charge in [-0.1, -0.05) is 43.7 Å². The van der Waals surface area contributed by atoms with Gasteiger partial charge in [0.1, 0.15) is 5.75 Å². The van der Waals surface area contributed by atoms with Gasteiger partial charge in [0.05, 0.1) is 13.0 Å². The molecule has 1 saturated carbocycles. The standard InChI is InChI=1S/C17H17ClF4O3/c1-16(2)10(13(16)14(23)24-3)8-11(18)9-6-4-5-7-12(9)25-17(21,22)15(19)20/h4-8,10,13,15H,1-3H3. The van der Waals surface area contributed by atoms with Gasteiger partial charge < -0.3 is 9.47 Å². The molecule has 3 nitrogen and oxygen atoms in total. The molecule has 1 aromatic rings. The van der Waals surface area contributed by atoms with Crippen molar-refractivity contribution in [3.8, 4) is 5.75 Å². The van der Waals surface area contributed by atoms with Crippen LogP contribution >= 0.6 is 11.6 Å². The predicted molar refractivity (Wildman–Crippen MR) is 84.6 cm³/mol. The predicted octanol–water partition coefficient (Wildman–Crippen LogP) is 4.95. The molecule has 25 heavy (non-hydrogen) atoms. The minimum atomic E-state index is -4.64. The van der Waals surface area contributed by atoms with Gasteiger partial charge in [-0.3, -0.25) is 4.79 Å². The van der Waals surface area contributed by atoms with Crippen LogP contribution in [0.2, 0.25) is 0 Å². The summed E-state index contributed by atoms with van der Waals surface area (Å²) in [6, 6.07) is 5.37. The second-order valence-corrected chi connectivity index (χ2v) is 6.73. The normalized spacial score (nSPS) is 22.7. The molecule has 2 unspecified atom stereocenters. The van der Waals surface area contributed by atoms with Crippen LogP contribution < -0.4 is 4.74 Å². The van der Waals surface area contributed by atoms with Crippen LogP contribution in [0.25, 0.3) is 5.03 Å². The lowest BCUT2D eigenvalue weighted by Gasteiger charge is -2.19. The molecule has 1 aromatic carbocycles.